The lowest BCUT2D eigenvalue weighted by Gasteiger charge is -2.18. The van der Waals surface area contributed by atoms with Crippen molar-refractivity contribution >= 4 is 11.7 Å². The predicted molar refractivity (Wildman–Crippen MR) is 134 cm³/mol. The zero-order chi connectivity index (χ0) is 28.8. The van der Waals surface area contributed by atoms with E-state index in [0.717, 1.165) is 24.3 Å². The Labute approximate surface area is 223 Å². The number of carbonyl (C=O) groups is 1. The van der Waals surface area contributed by atoms with Gasteiger partial charge >= 0.3 is 12.4 Å². The summed E-state index contributed by atoms with van der Waals surface area (Å²) >= 11 is 0. The van der Waals surface area contributed by atoms with Crippen LogP contribution in [-0.2, 0) is 25.3 Å². The first-order chi connectivity index (χ1) is 18.9. The SMILES string of the molecule is CNc1cc(-c2c(-c3ccc(C(F)(F)F)cc3)c3c(n2Cc2ccc(C(F)(F)F)cc2F)CCNC3=O)ccn1. The maximum atomic E-state index is 15.0. The molecular weight excluding hydrogens is 541 g/mol. The normalized spacial score (nSPS) is 13.7. The lowest BCUT2D eigenvalue weighted by Crippen LogP contribution is -2.32. The third-order valence-electron chi connectivity index (χ3n) is 6.74. The lowest BCUT2D eigenvalue weighted by molar-refractivity contribution is -0.138. The predicted octanol–water partition coefficient (Wildman–Crippen LogP) is 6.77. The first kappa shape index (κ1) is 27.2. The number of carbonyl (C=O) groups excluding carboxylic acids is 1. The molecule has 5 nitrogen and oxygen atoms in total. The first-order valence-corrected chi connectivity index (χ1v) is 12.1. The molecule has 40 heavy (non-hydrogen) atoms. The van der Waals surface area contributed by atoms with Gasteiger partial charge in [0.05, 0.1) is 28.9 Å². The summed E-state index contributed by atoms with van der Waals surface area (Å²) in [6.07, 6.45) is -7.50. The van der Waals surface area contributed by atoms with Crippen molar-refractivity contribution in [2.45, 2.75) is 25.3 Å². The molecular formula is C28H21F7N4O. The second-order valence-electron chi connectivity index (χ2n) is 9.20. The molecule has 1 amide bonds. The molecule has 0 spiro atoms. The Kier molecular flexibility index (Phi) is 6.80. The molecule has 2 aromatic heterocycles. The number of benzene rings is 2. The van der Waals surface area contributed by atoms with Crippen LogP contribution < -0.4 is 10.6 Å². The number of nitrogens with one attached hydrogen (secondary N) is 2. The molecule has 0 aliphatic carbocycles. The number of hydrogen-bond acceptors (Lipinski definition) is 3. The van der Waals surface area contributed by atoms with E-state index >= 15 is 0 Å². The van der Waals surface area contributed by atoms with Gasteiger partial charge in [0.25, 0.3) is 5.91 Å². The summed E-state index contributed by atoms with van der Waals surface area (Å²) in [5.74, 6) is -1.09. The van der Waals surface area contributed by atoms with Gasteiger partial charge in [0, 0.05) is 48.6 Å². The average molecular weight is 562 g/mol. The number of aromatic nitrogens is 2. The molecule has 4 aromatic rings. The Balaban J connectivity index is 1.77. The van der Waals surface area contributed by atoms with Crippen molar-refractivity contribution in [2.75, 3.05) is 18.9 Å². The van der Waals surface area contributed by atoms with E-state index < -0.39 is 35.2 Å². The van der Waals surface area contributed by atoms with Crippen molar-refractivity contribution in [3.05, 3.63) is 94.6 Å². The molecule has 0 atom stereocenters. The van der Waals surface area contributed by atoms with Crippen LogP contribution >= 0.6 is 0 Å². The van der Waals surface area contributed by atoms with Crippen LogP contribution in [0, 0.1) is 5.82 Å². The first-order valence-electron chi connectivity index (χ1n) is 12.1. The van der Waals surface area contributed by atoms with Crippen molar-refractivity contribution < 1.29 is 35.5 Å². The van der Waals surface area contributed by atoms with Crippen LogP contribution in [0.1, 0.15) is 32.7 Å². The Morgan fingerprint density at radius 3 is 2.20 bits per heavy atom. The lowest BCUT2D eigenvalue weighted by atomic mass is 9.94. The van der Waals surface area contributed by atoms with Crippen molar-refractivity contribution in [1.82, 2.24) is 14.9 Å². The highest BCUT2D eigenvalue weighted by Gasteiger charge is 2.34. The summed E-state index contributed by atoms with van der Waals surface area (Å²) in [4.78, 5) is 17.4. The summed E-state index contributed by atoms with van der Waals surface area (Å²) in [5, 5.41) is 5.64. The third kappa shape index (κ3) is 5.01. The van der Waals surface area contributed by atoms with Crippen molar-refractivity contribution in [2.24, 2.45) is 0 Å². The standard InChI is InChI=1S/C28H21F7N4O/c1-36-22-12-16(8-10-37-22)25-23(15-2-5-18(6-3-15)27(30,31)32)24-21(9-11-38-26(24)40)39(25)14-17-4-7-19(13-20(17)29)28(33,34)35/h2-8,10,12-13H,9,11,14H2,1H3,(H,36,37)(H,38,40). The van der Waals surface area contributed by atoms with Crippen LogP contribution in [0.15, 0.2) is 60.8 Å². The van der Waals surface area contributed by atoms with Gasteiger partial charge in [-0.25, -0.2) is 9.37 Å². The van der Waals surface area contributed by atoms with Gasteiger partial charge in [0.15, 0.2) is 0 Å². The molecule has 2 N–H and O–H groups in total. The van der Waals surface area contributed by atoms with Gasteiger partial charge in [0.2, 0.25) is 0 Å². The maximum absolute atomic E-state index is 15.0. The second-order valence-corrected chi connectivity index (χ2v) is 9.20. The Morgan fingerprint density at radius 1 is 0.900 bits per heavy atom. The quantitative estimate of drug-likeness (QED) is 0.264. The molecule has 12 heteroatoms. The largest absolute Gasteiger partial charge is 0.416 e. The number of amides is 1. The number of nitrogens with zero attached hydrogens (tertiary/aromatic N) is 2. The highest BCUT2D eigenvalue weighted by atomic mass is 19.4. The van der Waals surface area contributed by atoms with Crippen molar-refractivity contribution in [3.63, 3.8) is 0 Å². The van der Waals surface area contributed by atoms with E-state index in [1.807, 2.05) is 0 Å². The van der Waals surface area contributed by atoms with Crippen molar-refractivity contribution in [3.8, 4) is 22.4 Å². The van der Waals surface area contributed by atoms with E-state index in [4.69, 9.17) is 0 Å². The second kappa shape index (κ2) is 10.00. The fourth-order valence-electron chi connectivity index (χ4n) is 4.87. The molecule has 0 bridgehead atoms. The van der Waals surface area contributed by atoms with E-state index in [2.05, 4.69) is 15.6 Å². The maximum Gasteiger partial charge on any atom is 0.416 e. The summed E-state index contributed by atoms with van der Waals surface area (Å²) in [6, 6.07) is 9.86. The minimum atomic E-state index is -4.73. The Hall–Kier alpha value is -4.35. The van der Waals surface area contributed by atoms with Gasteiger partial charge in [-0.15, -0.1) is 0 Å². The molecule has 1 aliphatic heterocycles. The monoisotopic (exact) mass is 562 g/mol. The number of fused-ring (bicyclic) bond motifs is 1. The number of pyridine rings is 1. The van der Waals surface area contributed by atoms with Gasteiger partial charge in [-0.3, -0.25) is 4.79 Å². The average Bonchev–Trinajstić information content (AvgIpc) is 3.24. The molecule has 5 rings (SSSR count). The third-order valence-corrected chi connectivity index (χ3v) is 6.74. The molecule has 3 heterocycles. The summed E-state index contributed by atoms with van der Waals surface area (Å²) in [5.41, 5.74) is 0.160. The van der Waals surface area contributed by atoms with E-state index in [1.54, 1.807) is 23.7 Å². The number of hydrogen-bond donors (Lipinski definition) is 2. The van der Waals surface area contributed by atoms with E-state index in [0.29, 0.717) is 46.4 Å². The van der Waals surface area contributed by atoms with Gasteiger partial charge in [-0.05, 0) is 42.0 Å². The number of rotatable bonds is 5. The highest BCUT2D eigenvalue weighted by molar-refractivity contribution is 6.07. The minimum absolute atomic E-state index is 0.0557. The fraction of sp³-hybridized carbons (Fsp3) is 0.214. The van der Waals surface area contributed by atoms with Crippen LogP contribution in [0.5, 0.6) is 0 Å². The van der Waals surface area contributed by atoms with Crippen LogP contribution in [-0.4, -0.2) is 29.1 Å². The van der Waals surface area contributed by atoms with Crippen LogP contribution in [0.2, 0.25) is 0 Å². The summed E-state index contributed by atoms with van der Waals surface area (Å²) < 4.78 is 95.9. The summed E-state index contributed by atoms with van der Waals surface area (Å²) in [6.45, 7) is 0.0160. The van der Waals surface area contributed by atoms with Crippen LogP contribution in [0.4, 0.5) is 36.6 Å². The number of alkyl halides is 6. The molecule has 1 aliphatic rings. The van der Waals surface area contributed by atoms with E-state index in [1.165, 1.54) is 18.3 Å². The molecule has 0 fully saturated rings. The minimum Gasteiger partial charge on any atom is -0.373 e. The topological polar surface area (TPSA) is 59.0 Å². The smallest absolute Gasteiger partial charge is 0.373 e. The fourth-order valence-corrected chi connectivity index (χ4v) is 4.87. The number of anilines is 1. The zero-order valence-corrected chi connectivity index (χ0v) is 20.8. The van der Waals surface area contributed by atoms with E-state index in [9.17, 15) is 35.5 Å². The van der Waals surface area contributed by atoms with Gasteiger partial charge in [-0.2, -0.15) is 26.3 Å². The van der Waals surface area contributed by atoms with Crippen molar-refractivity contribution in [1.29, 1.82) is 0 Å². The van der Waals surface area contributed by atoms with Gasteiger partial charge in [0.1, 0.15) is 11.6 Å². The molecule has 0 saturated heterocycles. The summed E-state index contributed by atoms with van der Waals surface area (Å²) in [7, 11) is 1.64. The van der Waals surface area contributed by atoms with Crippen LogP contribution in [0.3, 0.4) is 0 Å². The van der Waals surface area contributed by atoms with Gasteiger partial charge in [-0.1, -0.05) is 18.2 Å². The molecule has 0 unspecified atom stereocenters. The molecule has 2 aromatic carbocycles. The molecule has 0 saturated carbocycles. The van der Waals surface area contributed by atoms with E-state index in [-0.39, 0.29) is 24.2 Å². The number of halogens is 7. The molecule has 208 valence electrons. The Bertz CT molecular complexity index is 1590. The van der Waals surface area contributed by atoms with Gasteiger partial charge < -0.3 is 15.2 Å². The zero-order valence-electron chi connectivity index (χ0n) is 20.8. The van der Waals surface area contributed by atoms with Crippen LogP contribution in [0.25, 0.3) is 22.4 Å². The highest BCUT2D eigenvalue weighted by Crippen LogP contribution is 2.42. The Morgan fingerprint density at radius 2 is 1.57 bits per heavy atom. The molecule has 0 radical (unpaired) electrons.